The number of nitrogens with one attached hydrogen (secondary N) is 1. The van der Waals surface area contributed by atoms with E-state index in [1.54, 1.807) is 7.11 Å². The number of ether oxygens (including phenoxy) is 1. The molecule has 0 radical (unpaired) electrons. The van der Waals surface area contributed by atoms with Gasteiger partial charge in [-0.25, -0.2) is 0 Å². The van der Waals surface area contributed by atoms with Crippen LogP contribution in [0.3, 0.4) is 0 Å². The van der Waals surface area contributed by atoms with Crippen LogP contribution in [-0.2, 0) is 10.9 Å². The van der Waals surface area contributed by atoms with Crippen molar-refractivity contribution < 1.29 is 17.9 Å². The number of hydrogen-bond donors (Lipinski definition) is 1. The first-order valence-electron chi connectivity index (χ1n) is 5.88. The summed E-state index contributed by atoms with van der Waals surface area (Å²) in [5, 5.41) is 3.15. The van der Waals surface area contributed by atoms with Gasteiger partial charge in [0, 0.05) is 7.11 Å². The third-order valence-electron chi connectivity index (χ3n) is 2.79. The molecule has 0 fully saturated rings. The van der Waals surface area contributed by atoms with Crippen LogP contribution in [0.25, 0.3) is 0 Å². The van der Waals surface area contributed by atoms with Crippen LogP contribution in [-0.4, -0.2) is 19.8 Å². The Hall–Kier alpha value is -0.940. The minimum absolute atomic E-state index is 0.0146. The Morgan fingerprint density at radius 1 is 1.32 bits per heavy atom. The molecule has 0 aliphatic heterocycles. The molecule has 1 aromatic carbocycles. The zero-order valence-corrected chi connectivity index (χ0v) is 11.8. The summed E-state index contributed by atoms with van der Waals surface area (Å²) in [7, 11) is 1.57. The lowest BCUT2D eigenvalue weighted by molar-refractivity contribution is -0.137. The first kappa shape index (κ1) is 16.1. The Kier molecular flexibility index (Phi) is 5.50. The molecule has 108 valence electrons. The Balaban J connectivity index is 2.90. The zero-order valence-electron chi connectivity index (χ0n) is 11.0. The highest BCUT2D eigenvalue weighted by Crippen LogP contribution is 2.34. The Morgan fingerprint density at radius 2 is 1.95 bits per heavy atom. The molecule has 19 heavy (non-hydrogen) atoms. The van der Waals surface area contributed by atoms with Crippen LogP contribution >= 0.6 is 11.6 Å². The lowest BCUT2D eigenvalue weighted by Crippen LogP contribution is -2.30. The lowest BCUT2D eigenvalue weighted by atomic mass is 10.0. The average Bonchev–Trinajstić information content (AvgIpc) is 2.29. The molecular weight excluding hydrogens is 279 g/mol. The summed E-state index contributed by atoms with van der Waals surface area (Å²) < 4.78 is 42.6. The van der Waals surface area contributed by atoms with Gasteiger partial charge in [0.15, 0.2) is 0 Å². The molecule has 0 aliphatic rings. The van der Waals surface area contributed by atoms with E-state index in [0.717, 1.165) is 12.1 Å². The first-order valence-corrected chi connectivity index (χ1v) is 6.25. The van der Waals surface area contributed by atoms with Crippen molar-refractivity contribution in [1.82, 2.24) is 0 Å². The van der Waals surface area contributed by atoms with Crippen LogP contribution in [0.15, 0.2) is 18.2 Å². The lowest BCUT2D eigenvalue weighted by Gasteiger charge is -2.23. The molecule has 0 saturated carbocycles. The van der Waals surface area contributed by atoms with E-state index in [2.05, 4.69) is 5.32 Å². The Morgan fingerprint density at radius 3 is 2.37 bits per heavy atom. The molecular formula is C13H17ClF3NO. The predicted octanol–water partition coefficient (Wildman–Crippen LogP) is 4.44. The number of anilines is 1. The SMILES string of the molecule is COCC(Nc1ccc(C(F)(F)F)cc1Cl)C(C)C. The van der Waals surface area contributed by atoms with Gasteiger partial charge in [0.25, 0.3) is 0 Å². The summed E-state index contributed by atoms with van der Waals surface area (Å²) in [4.78, 5) is 0. The van der Waals surface area contributed by atoms with Gasteiger partial charge in [0.1, 0.15) is 0 Å². The summed E-state index contributed by atoms with van der Waals surface area (Å²) in [6.45, 7) is 4.44. The van der Waals surface area contributed by atoms with Crippen LogP contribution in [0.1, 0.15) is 19.4 Å². The van der Waals surface area contributed by atoms with Crippen molar-refractivity contribution >= 4 is 17.3 Å². The number of rotatable bonds is 5. The number of methoxy groups -OCH3 is 1. The Labute approximate surface area is 115 Å². The third kappa shape index (κ3) is 4.58. The highest BCUT2D eigenvalue weighted by atomic mass is 35.5. The zero-order chi connectivity index (χ0) is 14.6. The minimum atomic E-state index is -4.38. The van der Waals surface area contributed by atoms with Gasteiger partial charge in [-0.15, -0.1) is 0 Å². The number of halogens is 4. The second-order valence-electron chi connectivity index (χ2n) is 4.64. The summed E-state index contributed by atoms with van der Waals surface area (Å²) >= 11 is 5.88. The molecule has 1 unspecified atom stereocenters. The van der Waals surface area contributed by atoms with Gasteiger partial charge < -0.3 is 10.1 Å². The normalized spacial score (nSPS) is 13.7. The fraction of sp³-hybridized carbons (Fsp3) is 0.538. The van der Waals surface area contributed by atoms with Crippen LogP contribution in [0, 0.1) is 5.92 Å². The van der Waals surface area contributed by atoms with Gasteiger partial charge in [0.05, 0.1) is 28.9 Å². The van der Waals surface area contributed by atoms with E-state index in [4.69, 9.17) is 16.3 Å². The maximum absolute atomic E-state index is 12.5. The fourth-order valence-corrected chi connectivity index (χ4v) is 1.82. The molecule has 1 aromatic rings. The maximum atomic E-state index is 12.5. The standard InChI is InChI=1S/C13H17ClF3NO/c1-8(2)12(7-19-3)18-11-5-4-9(6-10(11)14)13(15,16)17/h4-6,8,12,18H,7H2,1-3H3. The largest absolute Gasteiger partial charge is 0.416 e. The molecule has 1 N–H and O–H groups in total. The van der Waals surface area contributed by atoms with Crippen LogP contribution in [0.4, 0.5) is 18.9 Å². The predicted molar refractivity (Wildman–Crippen MR) is 70.6 cm³/mol. The molecule has 0 saturated heterocycles. The van der Waals surface area contributed by atoms with E-state index in [-0.39, 0.29) is 17.0 Å². The smallest absolute Gasteiger partial charge is 0.383 e. The van der Waals surface area contributed by atoms with E-state index < -0.39 is 11.7 Å². The van der Waals surface area contributed by atoms with Crippen LogP contribution in [0.2, 0.25) is 5.02 Å². The number of hydrogen-bond acceptors (Lipinski definition) is 2. The quantitative estimate of drug-likeness (QED) is 0.867. The molecule has 0 amide bonds. The van der Waals surface area contributed by atoms with Gasteiger partial charge in [-0.05, 0) is 24.1 Å². The number of alkyl halides is 3. The Bertz CT molecular complexity index is 421. The van der Waals surface area contributed by atoms with Crippen molar-refractivity contribution in [3.05, 3.63) is 28.8 Å². The number of benzene rings is 1. The molecule has 0 aromatic heterocycles. The molecule has 6 heteroatoms. The summed E-state index contributed by atoms with van der Waals surface area (Å²) in [6.07, 6.45) is -4.38. The van der Waals surface area contributed by atoms with Gasteiger partial charge in [-0.3, -0.25) is 0 Å². The summed E-state index contributed by atoms with van der Waals surface area (Å²) in [5.41, 5.74) is -0.277. The fourth-order valence-electron chi connectivity index (χ4n) is 1.59. The van der Waals surface area contributed by atoms with E-state index in [0.29, 0.717) is 12.3 Å². The van der Waals surface area contributed by atoms with Crippen molar-refractivity contribution in [2.45, 2.75) is 26.1 Å². The van der Waals surface area contributed by atoms with Crippen molar-refractivity contribution in [1.29, 1.82) is 0 Å². The molecule has 1 rings (SSSR count). The van der Waals surface area contributed by atoms with Crippen molar-refractivity contribution in [2.24, 2.45) is 5.92 Å². The molecule has 0 aliphatic carbocycles. The highest BCUT2D eigenvalue weighted by molar-refractivity contribution is 6.33. The van der Waals surface area contributed by atoms with Crippen molar-refractivity contribution in [3.8, 4) is 0 Å². The molecule has 1 atom stereocenters. The first-order chi connectivity index (χ1) is 8.75. The molecule has 0 bridgehead atoms. The second kappa shape index (κ2) is 6.48. The van der Waals surface area contributed by atoms with Crippen LogP contribution in [0.5, 0.6) is 0 Å². The van der Waals surface area contributed by atoms with E-state index in [9.17, 15) is 13.2 Å². The summed E-state index contributed by atoms with van der Waals surface area (Å²) in [5.74, 6) is 0.262. The van der Waals surface area contributed by atoms with E-state index >= 15 is 0 Å². The van der Waals surface area contributed by atoms with Crippen molar-refractivity contribution in [2.75, 3.05) is 19.0 Å². The summed E-state index contributed by atoms with van der Waals surface area (Å²) in [6, 6.07) is 3.27. The minimum Gasteiger partial charge on any atom is -0.383 e. The molecule has 0 spiro atoms. The average molecular weight is 296 g/mol. The maximum Gasteiger partial charge on any atom is 0.416 e. The third-order valence-corrected chi connectivity index (χ3v) is 3.10. The van der Waals surface area contributed by atoms with Crippen molar-refractivity contribution in [3.63, 3.8) is 0 Å². The highest BCUT2D eigenvalue weighted by Gasteiger charge is 2.31. The van der Waals surface area contributed by atoms with Gasteiger partial charge in [0.2, 0.25) is 0 Å². The van der Waals surface area contributed by atoms with Crippen LogP contribution < -0.4 is 5.32 Å². The topological polar surface area (TPSA) is 21.3 Å². The van der Waals surface area contributed by atoms with Gasteiger partial charge >= 0.3 is 6.18 Å². The van der Waals surface area contributed by atoms with Gasteiger partial charge in [-0.2, -0.15) is 13.2 Å². The van der Waals surface area contributed by atoms with E-state index in [1.807, 2.05) is 13.8 Å². The van der Waals surface area contributed by atoms with E-state index in [1.165, 1.54) is 6.07 Å². The molecule has 0 heterocycles. The second-order valence-corrected chi connectivity index (χ2v) is 5.05. The van der Waals surface area contributed by atoms with Gasteiger partial charge in [-0.1, -0.05) is 25.4 Å². The monoisotopic (exact) mass is 295 g/mol. The molecule has 2 nitrogen and oxygen atoms in total.